The Morgan fingerprint density at radius 3 is 1.83 bits per heavy atom. The minimum absolute atomic E-state index is 0.0104. The average molecular weight is 436 g/mol. The van der Waals surface area contributed by atoms with Gasteiger partial charge in [0.15, 0.2) is 0 Å². The molecule has 2 aromatic carbocycles. The first-order valence-electron chi connectivity index (χ1n) is 8.70. The summed E-state index contributed by atoms with van der Waals surface area (Å²) in [6.07, 6.45) is -9.30. The fourth-order valence-electron chi connectivity index (χ4n) is 3.21. The van der Waals surface area contributed by atoms with E-state index in [1.54, 1.807) is 6.92 Å². The van der Waals surface area contributed by atoms with Gasteiger partial charge in [-0.2, -0.15) is 26.3 Å². The van der Waals surface area contributed by atoms with Crippen LogP contribution in [0.2, 0.25) is 0 Å². The monoisotopic (exact) mass is 436 g/mol. The molecule has 0 atom stereocenters. The number of alkyl halides is 6. The summed E-state index contributed by atoms with van der Waals surface area (Å²) in [5, 5.41) is 0. The van der Waals surface area contributed by atoms with Gasteiger partial charge in [0, 0.05) is 21.9 Å². The smallest absolute Gasteiger partial charge is 0.342 e. The maximum atomic E-state index is 13.3. The van der Waals surface area contributed by atoms with Gasteiger partial charge in [0.2, 0.25) is 5.79 Å². The molecule has 29 heavy (non-hydrogen) atoms. The topological polar surface area (TPSA) is 18.5 Å². The maximum absolute atomic E-state index is 13.3. The van der Waals surface area contributed by atoms with E-state index in [0.717, 1.165) is 24.3 Å². The predicted octanol–water partition coefficient (Wildman–Crippen LogP) is 6.21. The molecule has 9 heteroatoms. The van der Waals surface area contributed by atoms with Crippen molar-refractivity contribution in [2.24, 2.45) is 5.92 Å². The number of hydrogen-bond donors (Lipinski definition) is 1. The molecule has 2 nitrogen and oxygen atoms in total. The quantitative estimate of drug-likeness (QED) is 0.446. The second kappa shape index (κ2) is 7.52. The van der Waals surface area contributed by atoms with Gasteiger partial charge in [-0.05, 0) is 37.3 Å². The summed E-state index contributed by atoms with van der Waals surface area (Å²) in [4.78, 5) is -0.0104. The summed E-state index contributed by atoms with van der Waals surface area (Å²) in [6, 6.07) is 6.20. The summed E-state index contributed by atoms with van der Waals surface area (Å²) in [5.41, 5.74) is -1.74. The van der Waals surface area contributed by atoms with Gasteiger partial charge in [-0.1, -0.05) is 18.6 Å². The van der Waals surface area contributed by atoms with Crippen LogP contribution in [0.15, 0.2) is 41.3 Å². The third-order valence-electron chi connectivity index (χ3n) is 4.55. The Labute approximate surface area is 169 Å². The number of aryl methyl sites for hydroxylation is 1. The molecule has 0 aliphatic carbocycles. The predicted molar refractivity (Wildman–Crippen MR) is 96.7 cm³/mol. The lowest BCUT2D eigenvalue weighted by atomic mass is 9.91. The highest BCUT2D eigenvalue weighted by atomic mass is 32.1. The molecule has 0 unspecified atom stereocenters. The molecule has 1 aliphatic heterocycles. The molecule has 0 saturated carbocycles. The van der Waals surface area contributed by atoms with Crippen LogP contribution in [-0.2, 0) is 27.6 Å². The first kappa shape index (κ1) is 22.0. The molecule has 1 fully saturated rings. The number of hydrogen-bond acceptors (Lipinski definition) is 3. The number of benzene rings is 2. The van der Waals surface area contributed by atoms with Gasteiger partial charge >= 0.3 is 12.4 Å². The van der Waals surface area contributed by atoms with Crippen molar-refractivity contribution >= 4 is 12.6 Å². The van der Waals surface area contributed by atoms with Crippen molar-refractivity contribution in [3.8, 4) is 0 Å². The summed E-state index contributed by atoms with van der Waals surface area (Å²) in [6.45, 7) is 3.48. The van der Waals surface area contributed by atoms with Crippen molar-refractivity contribution in [3.05, 3.63) is 64.2 Å². The molecular formula is C20H18F6O2S. The molecule has 1 heterocycles. The SMILES string of the molecule is Cc1cc(C(F)(F)F)cc(C2(c3cc(S)cc(C(F)(F)F)c3)OCC(C)CO2)c1. The standard InChI is InChI=1S/C20H18F6O2S/c1-11-3-13(5-15(4-11)19(21,22)23)18(27-9-12(2)10-28-18)14-6-16(20(24,25)26)8-17(29)7-14/h3-8,12,29H,9-10H2,1-2H3. The highest BCUT2D eigenvalue weighted by Gasteiger charge is 2.44. The largest absolute Gasteiger partial charge is 0.416 e. The third-order valence-corrected chi connectivity index (χ3v) is 4.81. The molecule has 0 amide bonds. The minimum atomic E-state index is -4.67. The van der Waals surface area contributed by atoms with Gasteiger partial charge in [0.25, 0.3) is 0 Å². The van der Waals surface area contributed by atoms with Gasteiger partial charge in [0.1, 0.15) is 0 Å². The van der Waals surface area contributed by atoms with E-state index in [4.69, 9.17) is 9.47 Å². The van der Waals surface area contributed by atoms with Crippen LogP contribution in [0.3, 0.4) is 0 Å². The van der Waals surface area contributed by atoms with Gasteiger partial charge in [-0.3, -0.25) is 0 Å². The van der Waals surface area contributed by atoms with Crippen LogP contribution >= 0.6 is 12.6 Å². The van der Waals surface area contributed by atoms with Crippen molar-refractivity contribution in [3.63, 3.8) is 0 Å². The molecule has 0 aromatic heterocycles. The molecule has 1 saturated heterocycles. The van der Waals surface area contributed by atoms with Crippen LogP contribution < -0.4 is 0 Å². The number of thiol groups is 1. The fourth-order valence-corrected chi connectivity index (χ4v) is 3.49. The van der Waals surface area contributed by atoms with Gasteiger partial charge in [0.05, 0.1) is 24.3 Å². The van der Waals surface area contributed by atoms with E-state index < -0.39 is 29.3 Å². The zero-order chi connectivity index (χ0) is 21.6. The van der Waals surface area contributed by atoms with Gasteiger partial charge < -0.3 is 9.47 Å². The summed E-state index contributed by atoms with van der Waals surface area (Å²) >= 11 is 4.04. The molecule has 0 spiro atoms. The van der Waals surface area contributed by atoms with Gasteiger partial charge in [-0.15, -0.1) is 12.6 Å². The maximum Gasteiger partial charge on any atom is 0.416 e. The van der Waals surface area contributed by atoms with Crippen molar-refractivity contribution in [2.45, 2.75) is 36.9 Å². The van der Waals surface area contributed by atoms with E-state index >= 15 is 0 Å². The molecule has 0 radical (unpaired) electrons. The van der Waals surface area contributed by atoms with Crippen LogP contribution in [-0.4, -0.2) is 13.2 Å². The van der Waals surface area contributed by atoms with E-state index in [1.807, 2.05) is 0 Å². The molecule has 158 valence electrons. The van der Waals surface area contributed by atoms with Crippen molar-refractivity contribution in [1.29, 1.82) is 0 Å². The van der Waals surface area contributed by atoms with E-state index in [2.05, 4.69) is 12.6 Å². The Hall–Kier alpha value is -1.71. The molecular weight excluding hydrogens is 418 g/mol. The van der Waals surface area contributed by atoms with E-state index in [-0.39, 0.29) is 40.7 Å². The second-order valence-electron chi connectivity index (χ2n) is 7.20. The lowest BCUT2D eigenvalue weighted by molar-refractivity contribution is -0.265. The van der Waals surface area contributed by atoms with E-state index in [1.165, 1.54) is 19.1 Å². The average Bonchev–Trinajstić information content (AvgIpc) is 2.60. The zero-order valence-corrected chi connectivity index (χ0v) is 16.4. The first-order chi connectivity index (χ1) is 13.3. The Morgan fingerprint density at radius 2 is 1.31 bits per heavy atom. The molecule has 1 aliphatic rings. The Balaban J connectivity index is 2.24. The van der Waals surface area contributed by atoms with Crippen LogP contribution in [0.25, 0.3) is 0 Å². The third kappa shape index (κ3) is 4.57. The van der Waals surface area contributed by atoms with E-state index in [0.29, 0.717) is 0 Å². The molecule has 3 rings (SSSR count). The van der Waals surface area contributed by atoms with Crippen molar-refractivity contribution < 1.29 is 35.8 Å². The fraction of sp³-hybridized carbons (Fsp3) is 0.400. The highest BCUT2D eigenvalue weighted by Crippen LogP contribution is 2.43. The molecule has 0 bridgehead atoms. The second-order valence-corrected chi connectivity index (χ2v) is 7.71. The molecule has 2 aromatic rings. The Bertz CT molecular complexity index is 833. The number of halogens is 6. The van der Waals surface area contributed by atoms with Crippen LogP contribution in [0.4, 0.5) is 26.3 Å². The van der Waals surface area contributed by atoms with Crippen molar-refractivity contribution in [2.75, 3.05) is 13.2 Å². The highest BCUT2D eigenvalue weighted by molar-refractivity contribution is 7.80. The van der Waals surface area contributed by atoms with Crippen LogP contribution in [0, 0.1) is 12.8 Å². The summed E-state index contributed by atoms with van der Waals surface area (Å²) in [7, 11) is 0. The Kier molecular flexibility index (Phi) is 5.70. The number of ether oxygens (including phenoxy) is 2. The molecule has 0 N–H and O–H groups in total. The Morgan fingerprint density at radius 1 is 0.828 bits per heavy atom. The van der Waals surface area contributed by atoms with E-state index in [9.17, 15) is 26.3 Å². The summed E-state index contributed by atoms with van der Waals surface area (Å²) < 4.78 is 91.6. The van der Waals surface area contributed by atoms with Crippen LogP contribution in [0.1, 0.15) is 34.7 Å². The van der Waals surface area contributed by atoms with Crippen LogP contribution in [0.5, 0.6) is 0 Å². The zero-order valence-electron chi connectivity index (χ0n) is 15.5. The first-order valence-corrected chi connectivity index (χ1v) is 9.15. The minimum Gasteiger partial charge on any atom is -0.342 e. The lowest BCUT2D eigenvalue weighted by Gasteiger charge is -2.40. The number of rotatable bonds is 2. The lowest BCUT2D eigenvalue weighted by Crippen LogP contribution is -2.42. The van der Waals surface area contributed by atoms with Crippen molar-refractivity contribution in [1.82, 2.24) is 0 Å². The van der Waals surface area contributed by atoms with Gasteiger partial charge in [-0.25, -0.2) is 0 Å². The normalized spacial score (nSPS) is 23.3. The summed E-state index contributed by atoms with van der Waals surface area (Å²) in [5.74, 6) is -1.98.